The van der Waals surface area contributed by atoms with Gasteiger partial charge in [-0.05, 0) is 51.9 Å². The minimum atomic E-state index is -0.463. The van der Waals surface area contributed by atoms with Crippen molar-refractivity contribution in [3.8, 4) is 17.2 Å². The van der Waals surface area contributed by atoms with Crippen molar-refractivity contribution < 1.29 is 14.1 Å². The Labute approximate surface area is 157 Å². The van der Waals surface area contributed by atoms with Crippen molar-refractivity contribution in [3.63, 3.8) is 0 Å². The molecular weight excluding hydrogens is 350 g/mol. The predicted molar refractivity (Wildman–Crippen MR) is 101 cm³/mol. The first-order valence-corrected chi connectivity index (χ1v) is 9.38. The van der Waals surface area contributed by atoms with Crippen LogP contribution in [0.25, 0.3) is 11.5 Å². The van der Waals surface area contributed by atoms with Gasteiger partial charge in [0.2, 0.25) is 0 Å². The maximum Gasteiger partial charge on any atom is 0.315 e. The Morgan fingerprint density at radius 3 is 2.85 bits per heavy atom. The standard InChI is InChI=1S/C18H25N5O4/c1-2-26-16-13-14(23(24)25)7-8-15(16)17-20-21-18(27-17)19-9-6-12-22-10-4-3-5-11-22/h7-8,13H,2-6,9-12H2,1H3,(H,19,21). The molecule has 1 aromatic carbocycles. The molecule has 27 heavy (non-hydrogen) atoms. The van der Waals surface area contributed by atoms with Gasteiger partial charge < -0.3 is 19.4 Å². The first-order valence-electron chi connectivity index (χ1n) is 9.38. The molecule has 0 spiro atoms. The fraction of sp³-hybridized carbons (Fsp3) is 0.556. The van der Waals surface area contributed by atoms with Gasteiger partial charge in [-0.25, -0.2) is 0 Å². The second kappa shape index (κ2) is 9.31. The summed E-state index contributed by atoms with van der Waals surface area (Å²) in [7, 11) is 0. The fourth-order valence-corrected chi connectivity index (χ4v) is 3.16. The third-order valence-corrected chi connectivity index (χ3v) is 4.51. The number of nitro groups is 1. The van der Waals surface area contributed by atoms with Crippen LogP contribution in [-0.2, 0) is 0 Å². The number of benzene rings is 1. The molecule has 9 heteroatoms. The number of aromatic nitrogens is 2. The summed E-state index contributed by atoms with van der Waals surface area (Å²) in [6.45, 7) is 6.37. The average Bonchev–Trinajstić information content (AvgIpc) is 3.15. The Bertz CT molecular complexity index is 758. The molecule has 3 rings (SSSR count). The number of rotatable bonds is 9. The number of hydrogen-bond donors (Lipinski definition) is 1. The smallest absolute Gasteiger partial charge is 0.315 e. The highest BCUT2D eigenvalue weighted by molar-refractivity contribution is 5.65. The summed E-state index contributed by atoms with van der Waals surface area (Å²) in [5, 5.41) is 22.1. The van der Waals surface area contributed by atoms with E-state index in [4.69, 9.17) is 9.15 Å². The summed E-state index contributed by atoms with van der Waals surface area (Å²) in [6.07, 6.45) is 4.92. The second-order valence-corrected chi connectivity index (χ2v) is 6.47. The molecule has 2 heterocycles. The number of hydrogen-bond acceptors (Lipinski definition) is 8. The number of nitrogens with one attached hydrogen (secondary N) is 1. The zero-order valence-corrected chi connectivity index (χ0v) is 15.5. The lowest BCUT2D eigenvalue weighted by atomic mass is 10.1. The molecule has 1 N–H and O–H groups in total. The third kappa shape index (κ3) is 5.16. The number of non-ortho nitro benzene ring substituents is 1. The Kier molecular flexibility index (Phi) is 6.59. The molecule has 0 aliphatic carbocycles. The summed E-state index contributed by atoms with van der Waals surface area (Å²) < 4.78 is 11.2. The maximum absolute atomic E-state index is 11.0. The van der Waals surface area contributed by atoms with Crippen molar-refractivity contribution in [1.29, 1.82) is 0 Å². The molecule has 1 fully saturated rings. The van der Waals surface area contributed by atoms with Crippen LogP contribution < -0.4 is 10.1 Å². The summed E-state index contributed by atoms with van der Waals surface area (Å²) in [5.74, 6) is 0.624. The lowest BCUT2D eigenvalue weighted by molar-refractivity contribution is -0.384. The molecule has 1 aliphatic heterocycles. The number of likely N-dealkylation sites (tertiary alicyclic amines) is 1. The molecule has 1 aromatic heterocycles. The van der Waals surface area contributed by atoms with Crippen LogP contribution in [0.2, 0.25) is 0 Å². The van der Waals surface area contributed by atoms with Crippen molar-refractivity contribution in [1.82, 2.24) is 15.1 Å². The van der Waals surface area contributed by atoms with Gasteiger partial charge in [0.25, 0.3) is 11.6 Å². The van der Waals surface area contributed by atoms with Crippen LogP contribution in [0.5, 0.6) is 5.75 Å². The number of nitrogens with zero attached hydrogens (tertiary/aromatic N) is 4. The average molecular weight is 375 g/mol. The highest BCUT2D eigenvalue weighted by Crippen LogP contribution is 2.33. The maximum atomic E-state index is 11.0. The SMILES string of the molecule is CCOc1cc([N+](=O)[O-])ccc1-c1nnc(NCCCN2CCCCC2)o1. The number of nitro benzene ring substituents is 1. The number of piperidine rings is 1. The Hall–Kier alpha value is -2.68. The monoisotopic (exact) mass is 375 g/mol. The van der Waals surface area contributed by atoms with E-state index < -0.39 is 4.92 Å². The first kappa shape index (κ1) is 19.1. The molecule has 2 aromatic rings. The van der Waals surface area contributed by atoms with E-state index in [-0.39, 0.29) is 11.6 Å². The topological polar surface area (TPSA) is 107 Å². The Morgan fingerprint density at radius 2 is 2.11 bits per heavy atom. The van der Waals surface area contributed by atoms with Crippen molar-refractivity contribution in [3.05, 3.63) is 28.3 Å². The minimum Gasteiger partial charge on any atom is -0.493 e. The quantitative estimate of drug-likeness (QED) is 0.404. The minimum absolute atomic E-state index is 0.0437. The van der Waals surface area contributed by atoms with Crippen LogP contribution >= 0.6 is 0 Å². The normalized spacial score (nSPS) is 14.9. The van der Waals surface area contributed by atoms with Gasteiger partial charge in [0.05, 0.1) is 23.2 Å². The van der Waals surface area contributed by atoms with Gasteiger partial charge in [-0.2, -0.15) is 0 Å². The van der Waals surface area contributed by atoms with E-state index in [0.717, 1.165) is 19.5 Å². The van der Waals surface area contributed by atoms with Gasteiger partial charge in [0.1, 0.15) is 5.75 Å². The zero-order chi connectivity index (χ0) is 19.1. The van der Waals surface area contributed by atoms with Crippen LogP contribution in [0.3, 0.4) is 0 Å². The van der Waals surface area contributed by atoms with Crippen LogP contribution in [0.15, 0.2) is 22.6 Å². The van der Waals surface area contributed by atoms with Crippen molar-refractivity contribution in [2.24, 2.45) is 0 Å². The van der Waals surface area contributed by atoms with Gasteiger partial charge in [-0.1, -0.05) is 11.5 Å². The van der Waals surface area contributed by atoms with Crippen LogP contribution in [0.1, 0.15) is 32.6 Å². The molecule has 9 nitrogen and oxygen atoms in total. The van der Waals surface area contributed by atoms with E-state index >= 15 is 0 Å². The molecule has 0 unspecified atom stereocenters. The van der Waals surface area contributed by atoms with E-state index in [2.05, 4.69) is 20.4 Å². The van der Waals surface area contributed by atoms with E-state index in [0.29, 0.717) is 23.9 Å². The zero-order valence-electron chi connectivity index (χ0n) is 15.5. The number of ether oxygens (including phenoxy) is 1. The first-order chi connectivity index (χ1) is 13.2. The highest BCUT2D eigenvalue weighted by atomic mass is 16.6. The van der Waals surface area contributed by atoms with E-state index in [1.165, 1.54) is 44.5 Å². The molecule has 0 bridgehead atoms. The fourth-order valence-electron chi connectivity index (χ4n) is 3.16. The van der Waals surface area contributed by atoms with Gasteiger partial charge in [0, 0.05) is 12.6 Å². The van der Waals surface area contributed by atoms with Gasteiger partial charge in [0.15, 0.2) is 0 Å². The Balaban J connectivity index is 1.58. The summed E-state index contributed by atoms with van der Waals surface area (Å²) >= 11 is 0. The molecule has 0 saturated carbocycles. The molecule has 0 atom stereocenters. The van der Waals surface area contributed by atoms with E-state index in [1.54, 1.807) is 6.07 Å². The van der Waals surface area contributed by atoms with Crippen molar-refractivity contribution in [2.75, 3.05) is 38.1 Å². The van der Waals surface area contributed by atoms with Gasteiger partial charge in [-0.15, -0.1) is 5.10 Å². The van der Waals surface area contributed by atoms with Gasteiger partial charge >= 0.3 is 6.01 Å². The van der Waals surface area contributed by atoms with Crippen molar-refractivity contribution >= 4 is 11.7 Å². The second-order valence-electron chi connectivity index (χ2n) is 6.47. The summed E-state index contributed by atoms with van der Waals surface area (Å²) in [5.41, 5.74) is 0.495. The molecule has 146 valence electrons. The summed E-state index contributed by atoms with van der Waals surface area (Å²) in [4.78, 5) is 13.0. The van der Waals surface area contributed by atoms with E-state index in [1.807, 2.05) is 6.92 Å². The Morgan fingerprint density at radius 1 is 1.30 bits per heavy atom. The predicted octanol–water partition coefficient (Wildman–Crippen LogP) is 3.33. The molecule has 0 radical (unpaired) electrons. The third-order valence-electron chi connectivity index (χ3n) is 4.51. The molecule has 1 saturated heterocycles. The lowest BCUT2D eigenvalue weighted by Crippen LogP contribution is -2.31. The lowest BCUT2D eigenvalue weighted by Gasteiger charge is -2.26. The molecule has 1 aliphatic rings. The van der Waals surface area contributed by atoms with Crippen LogP contribution in [0, 0.1) is 10.1 Å². The largest absolute Gasteiger partial charge is 0.493 e. The van der Waals surface area contributed by atoms with Crippen molar-refractivity contribution in [2.45, 2.75) is 32.6 Å². The van der Waals surface area contributed by atoms with Crippen LogP contribution in [0.4, 0.5) is 11.7 Å². The van der Waals surface area contributed by atoms with Crippen LogP contribution in [-0.4, -0.2) is 52.8 Å². The molecule has 0 amide bonds. The highest BCUT2D eigenvalue weighted by Gasteiger charge is 2.18. The summed E-state index contributed by atoms with van der Waals surface area (Å²) in [6, 6.07) is 4.67. The van der Waals surface area contributed by atoms with Gasteiger partial charge in [-0.3, -0.25) is 10.1 Å². The molecular formula is C18H25N5O4. The van der Waals surface area contributed by atoms with E-state index in [9.17, 15) is 10.1 Å². The number of anilines is 1.